The van der Waals surface area contributed by atoms with Crippen molar-refractivity contribution in [1.82, 2.24) is 0 Å². The van der Waals surface area contributed by atoms with Gasteiger partial charge in [0, 0.05) is 10.6 Å². The summed E-state index contributed by atoms with van der Waals surface area (Å²) in [5.74, 6) is -1.49. The first kappa shape index (κ1) is 18.5. The van der Waals surface area contributed by atoms with Crippen molar-refractivity contribution in [2.45, 2.75) is 19.8 Å². The van der Waals surface area contributed by atoms with Gasteiger partial charge >= 0.3 is 5.97 Å². The first-order valence-corrected chi connectivity index (χ1v) is 8.05. The lowest BCUT2D eigenvalue weighted by Crippen LogP contribution is -2.26. The molecular formula is C16H13Cl3N2O3. The van der Waals surface area contributed by atoms with Gasteiger partial charge in [-0.05, 0) is 26.0 Å². The number of ether oxygens (including phenoxy) is 2. The van der Waals surface area contributed by atoms with Crippen molar-refractivity contribution in [2.24, 2.45) is 5.73 Å². The molecule has 0 saturated heterocycles. The Morgan fingerprint density at radius 1 is 1.38 bits per heavy atom. The van der Waals surface area contributed by atoms with E-state index in [-0.39, 0.29) is 44.5 Å². The molecule has 24 heavy (non-hydrogen) atoms. The van der Waals surface area contributed by atoms with Gasteiger partial charge in [-0.1, -0.05) is 34.8 Å². The summed E-state index contributed by atoms with van der Waals surface area (Å²) in [5.41, 5.74) is 6.23. The summed E-state index contributed by atoms with van der Waals surface area (Å²) < 4.78 is 10.4. The van der Waals surface area contributed by atoms with Gasteiger partial charge in [-0.25, -0.2) is 4.79 Å². The molecule has 0 spiro atoms. The maximum absolute atomic E-state index is 12.4. The van der Waals surface area contributed by atoms with Crippen molar-refractivity contribution in [1.29, 1.82) is 5.26 Å². The summed E-state index contributed by atoms with van der Waals surface area (Å²) in [6.45, 7) is 3.37. The van der Waals surface area contributed by atoms with E-state index in [9.17, 15) is 10.1 Å². The van der Waals surface area contributed by atoms with Crippen molar-refractivity contribution in [3.63, 3.8) is 0 Å². The summed E-state index contributed by atoms with van der Waals surface area (Å²) in [6, 6.07) is 5.01. The van der Waals surface area contributed by atoms with Gasteiger partial charge in [-0.15, -0.1) is 0 Å². The molecule has 0 amide bonds. The van der Waals surface area contributed by atoms with Crippen molar-refractivity contribution in [2.75, 3.05) is 6.61 Å². The van der Waals surface area contributed by atoms with E-state index in [1.165, 1.54) is 12.1 Å². The van der Waals surface area contributed by atoms with Crippen LogP contribution >= 0.6 is 34.8 Å². The Labute approximate surface area is 154 Å². The Balaban J connectivity index is 2.77. The minimum Gasteiger partial charge on any atom is -0.463 e. The van der Waals surface area contributed by atoms with Crippen molar-refractivity contribution in [3.05, 3.63) is 55.6 Å². The van der Waals surface area contributed by atoms with Crippen LogP contribution in [0.1, 0.15) is 25.3 Å². The summed E-state index contributed by atoms with van der Waals surface area (Å²) in [5, 5.41) is 10.1. The number of hydrogen-bond donors (Lipinski definition) is 1. The number of benzene rings is 1. The first-order chi connectivity index (χ1) is 11.3. The zero-order valence-electron chi connectivity index (χ0n) is 12.8. The molecule has 0 radical (unpaired) electrons. The smallest absolute Gasteiger partial charge is 0.338 e. The van der Waals surface area contributed by atoms with Gasteiger partial charge in [0.25, 0.3) is 0 Å². The Bertz CT molecular complexity index is 810. The third kappa shape index (κ3) is 3.18. The molecule has 2 rings (SSSR count). The van der Waals surface area contributed by atoms with Gasteiger partial charge in [-0.2, -0.15) is 5.26 Å². The maximum Gasteiger partial charge on any atom is 0.338 e. The summed E-state index contributed by atoms with van der Waals surface area (Å²) in [7, 11) is 0. The minimum atomic E-state index is -0.929. The van der Waals surface area contributed by atoms with Gasteiger partial charge in [0.15, 0.2) is 0 Å². The van der Waals surface area contributed by atoms with E-state index in [1.54, 1.807) is 13.8 Å². The summed E-state index contributed by atoms with van der Waals surface area (Å²) >= 11 is 18.6. The number of carbonyl (C=O) groups excluding carboxylic acids is 1. The number of nitrogens with two attached hydrogens (primary N) is 1. The number of hydrogen-bond acceptors (Lipinski definition) is 5. The van der Waals surface area contributed by atoms with E-state index in [1.807, 2.05) is 6.07 Å². The second-order valence-electron chi connectivity index (χ2n) is 4.87. The predicted molar refractivity (Wildman–Crippen MR) is 91.5 cm³/mol. The second-order valence-corrected chi connectivity index (χ2v) is 6.06. The number of nitriles is 1. The largest absolute Gasteiger partial charge is 0.463 e. The molecule has 126 valence electrons. The maximum atomic E-state index is 12.4. The van der Waals surface area contributed by atoms with Crippen LogP contribution in [0.25, 0.3) is 0 Å². The monoisotopic (exact) mass is 386 g/mol. The Morgan fingerprint density at radius 2 is 2.00 bits per heavy atom. The van der Waals surface area contributed by atoms with Gasteiger partial charge in [-0.3, -0.25) is 0 Å². The molecule has 1 heterocycles. The number of halogens is 3. The number of nitrogens with zero attached hydrogens (tertiary/aromatic N) is 1. The fraction of sp³-hybridized carbons (Fsp3) is 0.250. The Hall–Kier alpha value is -1.87. The third-order valence-corrected chi connectivity index (χ3v) is 4.62. The van der Waals surface area contributed by atoms with E-state index in [4.69, 9.17) is 50.0 Å². The standard InChI is InChI=1S/C16H13Cl3N2O3/c1-3-23-16(22)11-7(2)24-15(21)8(6-20)12(11)13-9(17)4-5-10(18)14(13)19/h4-5,12H,3,21H2,1-2H3. The molecule has 1 aromatic carbocycles. The molecule has 0 bridgehead atoms. The number of allylic oxidation sites excluding steroid dienone is 2. The van der Waals surface area contributed by atoms with Gasteiger partial charge in [0.05, 0.1) is 28.1 Å². The highest BCUT2D eigenvalue weighted by Crippen LogP contribution is 2.46. The third-order valence-electron chi connectivity index (χ3n) is 3.47. The van der Waals surface area contributed by atoms with E-state index in [2.05, 4.69) is 0 Å². The molecule has 0 saturated carbocycles. The molecule has 1 aliphatic heterocycles. The lowest BCUT2D eigenvalue weighted by molar-refractivity contribution is -0.139. The van der Waals surface area contributed by atoms with Crippen LogP contribution in [0.15, 0.2) is 34.9 Å². The highest BCUT2D eigenvalue weighted by atomic mass is 35.5. The zero-order chi connectivity index (χ0) is 18.0. The van der Waals surface area contributed by atoms with Crippen molar-refractivity contribution < 1.29 is 14.3 Å². The molecule has 1 unspecified atom stereocenters. The molecule has 1 aliphatic rings. The van der Waals surface area contributed by atoms with E-state index in [0.717, 1.165) is 0 Å². The van der Waals surface area contributed by atoms with Crippen LogP contribution in [-0.4, -0.2) is 12.6 Å². The van der Waals surface area contributed by atoms with Gasteiger partial charge < -0.3 is 15.2 Å². The average Bonchev–Trinajstić information content (AvgIpc) is 2.51. The molecule has 0 fully saturated rings. The van der Waals surface area contributed by atoms with E-state index in [0.29, 0.717) is 5.56 Å². The fourth-order valence-corrected chi connectivity index (χ4v) is 3.20. The molecule has 0 aliphatic carbocycles. The van der Waals surface area contributed by atoms with Crippen molar-refractivity contribution in [3.8, 4) is 6.07 Å². The van der Waals surface area contributed by atoms with Gasteiger partial charge in [0.2, 0.25) is 5.88 Å². The average molecular weight is 388 g/mol. The quantitative estimate of drug-likeness (QED) is 0.617. The lowest BCUT2D eigenvalue weighted by Gasteiger charge is -2.28. The SMILES string of the molecule is CCOC(=O)C1=C(C)OC(N)=C(C#N)C1c1c(Cl)ccc(Cl)c1Cl. The summed E-state index contributed by atoms with van der Waals surface area (Å²) in [6.07, 6.45) is 0. The van der Waals surface area contributed by atoms with Crippen molar-refractivity contribution >= 4 is 40.8 Å². The minimum absolute atomic E-state index is 0.00900. The second kappa shape index (κ2) is 7.35. The first-order valence-electron chi connectivity index (χ1n) is 6.92. The van der Waals surface area contributed by atoms with Gasteiger partial charge in [0.1, 0.15) is 17.4 Å². The fourth-order valence-electron chi connectivity index (χ4n) is 2.45. The van der Waals surface area contributed by atoms with Crippen LogP contribution in [-0.2, 0) is 14.3 Å². The topological polar surface area (TPSA) is 85.3 Å². The normalized spacial score (nSPS) is 17.4. The zero-order valence-corrected chi connectivity index (χ0v) is 15.1. The van der Waals surface area contributed by atoms with Crippen LogP contribution < -0.4 is 5.73 Å². The molecule has 5 nitrogen and oxygen atoms in total. The van der Waals surface area contributed by atoms with Crippen LogP contribution in [0.2, 0.25) is 15.1 Å². The number of esters is 1. The summed E-state index contributed by atoms with van der Waals surface area (Å²) in [4.78, 5) is 12.4. The molecule has 0 aromatic heterocycles. The van der Waals surface area contributed by atoms with Crippen LogP contribution in [0.5, 0.6) is 0 Å². The molecule has 1 atom stereocenters. The number of carbonyl (C=O) groups is 1. The highest BCUT2D eigenvalue weighted by Gasteiger charge is 2.38. The number of rotatable bonds is 3. The highest BCUT2D eigenvalue weighted by molar-refractivity contribution is 6.44. The molecule has 1 aromatic rings. The Morgan fingerprint density at radius 3 is 2.58 bits per heavy atom. The van der Waals surface area contributed by atoms with E-state index < -0.39 is 11.9 Å². The molecule has 2 N–H and O–H groups in total. The molecular weight excluding hydrogens is 375 g/mol. The Kier molecular flexibility index (Phi) is 5.66. The van der Waals surface area contributed by atoms with Crippen LogP contribution in [0, 0.1) is 11.3 Å². The van der Waals surface area contributed by atoms with E-state index >= 15 is 0 Å². The molecule has 8 heteroatoms. The van der Waals surface area contributed by atoms with Crippen LogP contribution in [0.4, 0.5) is 0 Å². The predicted octanol–water partition coefficient (Wildman–Crippen LogP) is 4.29. The van der Waals surface area contributed by atoms with Crippen LogP contribution in [0.3, 0.4) is 0 Å². The lowest BCUT2D eigenvalue weighted by atomic mass is 9.83.